The van der Waals surface area contributed by atoms with Gasteiger partial charge in [-0.25, -0.2) is 4.98 Å². The number of carbonyl (C=O) groups is 1. The van der Waals surface area contributed by atoms with Crippen LogP contribution in [0, 0.1) is 0 Å². The van der Waals surface area contributed by atoms with E-state index in [-0.39, 0.29) is 17.6 Å². The van der Waals surface area contributed by atoms with Crippen LogP contribution >= 0.6 is 0 Å². The zero-order valence-electron chi connectivity index (χ0n) is 16.6. The van der Waals surface area contributed by atoms with Crippen molar-refractivity contribution in [1.82, 2.24) is 14.6 Å². The summed E-state index contributed by atoms with van der Waals surface area (Å²) in [6.45, 7) is 9.54. The summed E-state index contributed by atoms with van der Waals surface area (Å²) in [5.74, 6) is 0.954. The zero-order chi connectivity index (χ0) is 19.4. The highest BCUT2D eigenvalue weighted by atomic mass is 16.1. The standard InChI is InChI=1S/C22H28N4O/c1-5-6-12-23-21-15-18(25-20-11-13-24-26(20)21)14-19(27)16-7-9-17(10-8-16)22(2,3)4/h7-11,13,15,23H,5-6,12,14H2,1-4H3. The number of hydrogen-bond acceptors (Lipinski definition) is 4. The third-order valence-corrected chi connectivity index (χ3v) is 4.66. The van der Waals surface area contributed by atoms with Gasteiger partial charge in [0.1, 0.15) is 5.82 Å². The van der Waals surface area contributed by atoms with Crippen LogP contribution in [0.3, 0.4) is 0 Å². The number of unbranched alkanes of at least 4 members (excludes halogenated alkanes) is 1. The summed E-state index contributed by atoms with van der Waals surface area (Å²) in [6.07, 6.45) is 4.21. The predicted molar refractivity (Wildman–Crippen MR) is 110 cm³/mol. The molecule has 5 heteroatoms. The van der Waals surface area contributed by atoms with E-state index in [9.17, 15) is 4.79 Å². The van der Waals surface area contributed by atoms with Gasteiger partial charge in [0.25, 0.3) is 0 Å². The van der Waals surface area contributed by atoms with Crippen LogP contribution in [0.4, 0.5) is 5.82 Å². The maximum atomic E-state index is 12.7. The Morgan fingerprint density at radius 1 is 1.15 bits per heavy atom. The Morgan fingerprint density at radius 2 is 1.89 bits per heavy atom. The van der Waals surface area contributed by atoms with E-state index in [1.807, 2.05) is 36.4 Å². The van der Waals surface area contributed by atoms with Crippen molar-refractivity contribution in [2.75, 3.05) is 11.9 Å². The van der Waals surface area contributed by atoms with Gasteiger partial charge in [0.05, 0.1) is 18.3 Å². The molecular weight excluding hydrogens is 336 g/mol. The van der Waals surface area contributed by atoms with Gasteiger partial charge in [-0.3, -0.25) is 4.79 Å². The lowest BCUT2D eigenvalue weighted by Gasteiger charge is -2.19. The Bertz CT molecular complexity index is 920. The maximum absolute atomic E-state index is 12.7. The second-order valence-corrected chi connectivity index (χ2v) is 7.94. The summed E-state index contributed by atoms with van der Waals surface area (Å²) in [7, 11) is 0. The monoisotopic (exact) mass is 364 g/mol. The average molecular weight is 364 g/mol. The van der Waals surface area contributed by atoms with Gasteiger partial charge >= 0.3 is 0 Å². The van der Waals surface area contributed by atoms with Crippen LogP contribution in [0.1, 0.15) is 62.2 Å². The highest BCUT2D eigenvalue weighted by Gasteiger charge is 2.15. The number of ketones is 1. The molecular formula is C22H28N4O. The van der Waals surface area contributed by atoms with Crippen molar-refractivity contribution in [3.05, 3.63) is 59.4 Å². The van der Waals surface area contributed by atoms with E-state index >= 15 is 0 Å². The molecule has 0 atom stereocenters. The molecule has 27 heavy (non-hydrogen) atoms. The number of anilines is 1. The molecule has 3 rings (SSSR count). The fourth-order valence-corrected chi connectivity index (χ4v) is 3.00. The number of Topliss-reactive ketones (excluding diaryl/α,β-unsaturated/α-hetero) is 1. The molecule has 0 aliphatic rings. The maximum Gasteiger partial charge on any atom is 0.168 e. The molecule has 2 heterocycles. The van der Waals surface area contributed by atoms with Crippen LogP contribution in [0.15, 0.2) is 42.6 Å². The quantitative estimate of drug-likeness (QED) is 0.489. The molecule has 0 radical (unpaired) electrons. The largest absolute Gasteiger partial charge is 0.370 e. The van der Waals surface area contributed by atoms with Crippen molar-refractivity contribution in [2.45, 2.75) is 52.4 Å². The van der Waals surface area contributed by atoms with E-state index in [1.165, 1.54) is 5.56 Å². The molecule has 0 saturated heterocycles. The molecule has 1 aromatic carbocycles. The van der Waals surface area contributed by atoms with Gasteiger partial charge < -0.3 is 5.32 Å². The summed E-state index contributed by atoms with van der Waals surface area (Å²) in [6, 6.07) is 11.7. The Labute approximate surface area is 160 Å². The van der Waals surface area contributed by atoms with Gasteiger partial charge in [-0.15, -0.1) is 0 Å². The van der Waals surface area contributed by atoms with Crippen molar-refractivity contribution in [3.8, 4) is 0 Å². The van der Waals surface area contributed by atoms with E-state index in [2.05, 4.69) is 43.1 Å². The summed E-state index contributed by atoms with van der Waals surface area (Å²) in [4.78, 5) is 17.3. The Kier molecular flexibility index (Phi) is 5.59. The zero-order valence-corrected chi connectivity index (χ0v) is 16.6. The topological polar surface area (TPSA) is 59.3 Å². The first kappa shape index (κ1) is 19.1. The van der Waals surface area contributed by atoms with E-state index in [0.29, 0.717) is 0 Å². The SMILES string of the molecule is CCCCNc1cc(CC(=O)c2ccc(C(C)(C)C)cc2)nc2ccnn12. The second-order valence-electron chi connectivity index (χ2n) is 7.94. The summed E-state index contributed by atoms with van der Waals surface area (Å²) >= 11 is 0. The number of rotatable bonds is 7. The van der Waals surface area contributed by atoms with E-state index in [4.69, 9.17) is 0 Å². The van der Waals surface area contributed by atoms with Crippen LogP contribution < -0.4 is 5.32 Å². The molecule has 0 saturated carbocycles. The third kappa shape index (κ3) is 4.54. The molecule has 142 valence electrons. The van der Waals surface area contributed by atoms with Crippen molar-refractivity contribution >= 4 is 17.2 Å². The van der Waals surface area contributed by atoms with Crippen LogP contribution in [0.2, 0.25) is 0 Å². The second kappa shape index (κ2) is 7.91. The molecule has 0 aliphatic heterocycles. The van der Waals surface area contributed by atoms with Crippen LogP contribution in [0.5, 0.6) is 0 Å². The highest BCUT2D eigenvalue weighted by molar-refractivity contribution is 5.97. The van der Waals surface area contributed by atoms with Crippen LogP contribution in [-0.2, 0) is 11.8 Å². The predicted octanol–water partition coefficient (Wildman–Crippen LogP) is 4.66. The van der Waals surface area contributed by atoms with Crippen LogP contribution in [-0.4, -0.2) is 26.9 Å². The molecule has 0 unspecified atom stereocenters. The number of carbonyl (C=O) groups excluding carboxylic acids is 1. The summed E-state index contributed by atoms with van der Waals surface area (Å²) in [5, 5.41) is 7.72. The lowest BCUT2D eigenvalue weighted by atomic mass is 9.86. The molecule has 1 N–H and O–H groups in total. The number of fused-ring (bicyclic) bond motifs is 1. The summed E-state index contributed by atoms with van der Waals surface area (Å²) < 4.78 is 1.78. The molecule has 0 aliphatic carbocycles. The first-order chi connectivity index (χ1) is 12.9. The van der Waals surface area contributed by atoms with Gasteiger partial charge in [-0.1, -0.05) is 58.4 Å². The molecule has 0 spiro atoms. The van der Waals surface area contributed by atoms with E-state index in [1.54, 1.807) is 10.7 Å². The number of nitrogens with zero attached hydrogens (tertiary/aromatic N) is 3. The minimum atomic E-state index is 0.0753. The van der Waals surface area contributed by atoms with Crippen molar-refractivity contribution in [2.24, 2.45) is 0 Å². The van der Waals surface area contributed by atoms with Gasteiger partial charge in [0.15, 0.2) is 11.4 Å². The third-order valence-electron chi connectivity index (χ3n) is 4.66. The fourth-order valence-electron chi connectivity index (χ4n) is 3.00. The Hall–Kier alpha value is -2.69. The minimum Gasteiger partial charge on any atom is -0.370 e. The van der Waals surface area contributed by atoms with E-state index in [0.717, 1.165) is 42.1 Å². The fraction of sp³-hybridized carbons (Fsp3) is 0.409. The van der Waals surface area contributed by atoms with Crippen molar-refractivity contribution < 1.29 is 4.79 Å². The molecule has 5 nitrogen and oxygen atoms in total. The average Bonchev–Trinajstić information content (AvgIpc) is 3.10. The normalized spacial score (nSPS) is 11.7. The summed E-state index contributed by atoms with van der Waals surface area (Å²) in [5.41, 5.74) is 3.53. The minimum absolute atomic E-state index is 0.0753. The lowest BCUT2D eigenvalue weighted by Crippen LogP contribution is -2.13. The first-order valence-corrected chi connectivity index (χ1v) is 9.60. The molecule has 3 aromatic rings. The van der Waals surface area contributed by atoms with Gasteiger partial charge in [0, 0.05) is 24.2 Å². The number of aromatic nitrogens is 3. The lowest BCUT2D eigenvalue weighted by molar-refractivity contribution is 0.0992. The van der Waals surface area contributed by atoms with Crippen molar-refractivity contribution in [3.63, 3.8) is 0 Å². The number of benzene rings is 1. The van der Waals surface area contributed by atoms with Gasteiger partial charge in [-0.05, 0) is 17.4 Å². The number of hydrogen-bond donors (Lipinski definition) is 1. The molecule has 0 amide bonds. The Morgan fingerprint density at radius 3 is 2.56 bits per heavy atom. The smallest absolute Gasteiger partial charge is 0.168 e. The molecule has 2 aromatic heterocycles. The van der Waals surface area contributed by atoms with Crippen LogP contribution in [0.25, 0.3) is 5.65 Å². The van der Waals surface area contributed by atoms with Gasteiger partial charge in [-0.2, -0.15) is 9.61 Å². The number of nitrogens with one attached hydrogen (secondary N) is 1. The Balaban J connectivity index is 1.80. The molecule has 0 bridgehead atoms. The van der Waals surface area contributed by atoms with Gasteiger partial charge in [0.2, 0.25) is 0 Å². The van der Waals surface area contributed by atoms with Crippen molar-refractivity contribution in [1.29, 1.82) is 0 Å². The van der Waals surface area contributed by atoms with E-state index < -0.39 is 0 Å². The first-order valence-electron chi connectivity index (χ1n) is 9.60. The highest BCUT2D eigenvalue weighted by Crippen LogP contribution is 2.22. The molecule has 0 fully saturated rings.